The first-order chi connectivity index (χ1) is 26.3. The van der Waals surface area contributed by atoms with Crippen molar-refractivity contribution in [1.82, 2.24) is 4.57 Å². The first kappa shape index (κ1) is 29.7. The van der Waals surface area contributed by atoms with Crippen LogP contribution in [0.25, 0.3) is 27.5 Å². The molecular weight excluding hydrogens is 645 g/mol. The van der Waals surface area contributed by atoms with Crippen LogP contribution in [-0.2, 0) is 0 Å². The van der Waals surface area contributed by atoms with Crippen LogP contribution in [-0.4, -0.2) is 11.3 Å². The van der Waals surface area contributed by atoms with E-state index < -0.39 is 0 Å². The third kappa shape index (κ3) is 4.44. The van der Waals surface area contributed by atoms with E-state index in [4.69, 9.17) is 4.74 Å². The second kappa shape index (κ2) is 11.8. The lowest BCUT2D eigenvalue weighted by molar-refractivity contribution is 0.489. The second-order valence-corrected chi connectivity index (χ2v) is 13.7. The summed E-state index contributed by atoms with van der Waals surface area (Å²) in [5.74, 6) is 1.72. The summed E-state index contributed by atoms with van der Waals surface area (Å²) < 4.78 is 10.0. The van der Waals surface area contributed by atoms with Gasteiger partial charge in [-0.15, -0.1) is 0 Å². The minimum Gasteiger partial charge on any atom is -0.454 e. The van der Waals surface area contributed by atoms with E-state index in [1.54, 1.807) is 0 Å². The SMILES string of the molecule is c1ccc(N(c2ccccc2)c2cccc3c2Oc2c(N(c4ccccc4)c4ccccc4)ccc4c2B3c2cccc3c5ccccc5n-4c23)cc1. The van der Waals surface area contributed by atoms with E-state index in [-0.39, 0.29) is 6.71 Å². The molecule has 0 aliphatic carbocycles. The fraction of sp³-hybridized carbons (Fsp3) is 0. The number of benzene rings is 8. The molecule has 1 aromatic heterocycles. The monoisotopic (exact) mass is 677 g/mol. The van der Waals surface area contributed by atoms with Crippen LogP contribution in [0, 0.1) is 0 Å². The molecule has 0 saturated carbocycles. The van der Waals surface area contributed by atoms with Gasteiger partial charge in [0.05, 0.1) is 16.9 Å². The molecule has 0 bridgehead atoms. The van der Waals surface area contributed by atoms with Crippen molar-refractivity contribution in [3.8, 4) is 17.2 Å². The molecule has 0 saturated heterocycles. The number of anilines is 6. The van der Waals surface area contributed by atoms with E-state index in [0.717, 1.165) is 56.8 Å². The molecule has 2 aliphatic heterocycles. The largest absolute Gasteiger partial charge is 0.454 e. The molecule has 0 amide bonds. The van der Waals surface area contributed by atoms with Gasteiger partial charge in [-0.2, -0.15) is 0 Å². The number of hydrogen-bond donors (Lipinski definition) is 0. The molecule has 0 spiro atoms. The molecule has 3 heterocycles. The molecular formula is C48H32BN3O. The molecule has 9 aromatic rings. The van der Waals surface area contributed by atoms with Crippen molar-refractivity contribution in [3.63, 3.8) is 0 Å². The van der Waals surface area contributed by atoms with Gasteiger partial charge < -0.3 is 19.1 Å². The number of ether oxygens (including phenoxy) is 1. The highest BCUT2D eigenvalue weighted by Crippen LogP contribution is 2.48. The van der Waals surface area contributed by atoms with Gasteiger partial charge in [-0.05, 0) is 89.2 Å². The van der Waals surface area contributed by atoms with Crippen molar-refractivity contribution in [1.29, 1.82) is 0 Å². The van der Waals surface area contributed by atoms with Gasteiger partial charge in [0.25, 0.3) is 6.71 Å². The summed E-state index contributed by atoms with van der Waals surface area (Å²) in [5, 5.41) is 2.52. The standard InChI is InChI=1S/C48H32BN3O/c1-5-17-33(18-6-1)50(34-19-7-2-8-20-34)43-30-16-28-40-47(43)53-48-44(51(35-21-9-3-10-22-35)36-23-11-4-12-24-36)32-31-42-45(48)49(40)39-27-15-26-38-37-25-13-14-29-41(37)52(42)46(38)39/h1-32H. The van der Waals surface area contributed by atoms with Gasteiger partial charge in [-0.25, -0.2) is 0 Å². The van der Waals surface area contributed by atoms with Gasteiger partial charge in [-0.1, -0.05) is 121 Å². The number of para-hydroxylation sites is 7. The normalized spacial score (nSPS) is 12.3. The zero-order valence-corrected chi connectivity index (χ0v) is 28.8. The van der Waals surface area contributed by atoms with Crippen LogP contribution >= 0.6 is 0 Å². The van der Waals surface area contributed by atoms with Gasteiger partial charge in [0.15, 0.2) is 0 Å². The van der Waals surface area contributed by atoms with Crippen LogP contribution in [0.1, 0.15) is 0 Å². The Hall–Kier alpha value is -6.98. The smallest absolute Gasteiger partial charge is 0.256 e. The Morgan fingerprint density at radius 1 is 0.396 bits per heavy atom. The Kier molecular flexibility index (Phi) is 6.61. The molecule has 2 aliphatic rings. The third-order valence-corrected chi connectivity index (χ3v) is 10.8. The number of fused-ring (bicyclic) bond motifs is 7. The average molecular weight is 678 g/mol. The zero-order valence-electron chi connectivity index (χ0n) is 28.8. The van der Waals surface area contributed by atoms with Crippen molar-refractivity contribution in [3.05, 3.63) is 194 Å². The third-order valence-electron chi connectivity index (χ3n) is 10.8. The highest BCUT2D eigenvalue weighted by Gasteiger charge is 2.43. The fourth-order valence-electron chi connectivity index (χ4n) is 8.66. The molecule has 0 radical (unpaired) electrons. The van der Waals surface area contributed by atoms with Crippen molar-refractivity contribution in [2.24, 2.45) is 0 Å². The lowest BCUT2D eigenvalue weighted by Crippen LogP contribution is -2.58. The maximum absolute atomic E-state index is 7.54. The molecule has 8 aromatic carbocycles. The van der Waals surface area contributed by atoms with Gasteiger partial charge in [0.2, 0.25) is 0 Å². The zero-order chi connectivity index (χ0) is 34.9. The van der Waals surface area contributed by atoms with Crippen molar-refractivity contribution in [2.75, 3.05) is 9.80 Å². The minimum atomic E-state index is -0.0639. The number of aromatic nitrogens is 1. The summed E-state index contributed by atoms with van der Waals surface area (Å²) in [6.45, 7) is -0.0639. The Labute approximate surface area is 308 Å². The maximum atomic E-state index is 7.54. The molecule has 248 valence electrons. The Morgan fingerprint density at radius 3 is 1.49 bits per heavy atom. The summed E-state index contributed by atoms with van der Waals surface area (Å²) in [5.41, 5.74) is 13.5. The highest BCUT2D eigenvalue weighted by atomic mass is 16.5. The van der Waals surface area contributed by atoms with E-state index in [2.05, 4.69) is 208 Å². The summed E-state index contributed by atoms with van der Waals surface area (Å²) >= 11 is 0. The topological polar surface area (TPSA) is 20.6 Å². The van der Waals surface area contributed by atoms with Crippen molar-refractivity contribution in [2.45, 2.75) is 0 Å². The summed E-state index contributed by atoms with van der Waals surface area (Å²) in [6, 6.07) is 69.2. The molecule has 0 fully saturated rings. The lowest BCUT2D eigenvalue weighted by atomic mass is 9.34. The molecule has 0 atom stereocenters. The first-order valence-corrected chi connectivity index (χ1v) is 18.2. The number of nitrogens with zero attached hydrogens (tertiary/aromatic N) is 3. The van der Waals surface area contributed by atoms with E-state index in [1.165, 1.54) is 32.7 Å². The molecule has 4 nitrogen and oxygen atoms in total. The minimum absolute atomic E-state index is 0.0639. The van der Waals surface area contributed by atoms with Crippen molar-refractivity contribution < 1.29 is 4.74 Å². The summed E-state index contributed by atoms with van der Waals surface area (Å²) in [7, 11) is 0. The van der Waals surface area contributed by atoms with Crippen LogP contribution in [0.4, 0.5) is 34.1 Å². The van der Waals surface area contributed by atoms with E-state index in [9.17, 15) is 0 Å². The number of rotatable bonds is 6. The molecule has 53 heavy (non-hydrogen) atoms. The van der Waals surface area contributed by atoms with Crippen LogP contribution in [0.3, 0.4) is 0 Å². The highest BCUT2D eigenvalue weighted by molar-refractivity contribution is 6.99. The van der Waals surface area contributed by atoms with E-state index in [0.29, 0.717) is 0 Å². The van der Waals surface area contributed by atoms with Crippen LogP contribution in [0.2, 0.25) is 0 Å². The number of hydrogen-bond acceptors (Lipinski definition) is 3. The molecule has 0 N–H and O–H groups in total. The molecule has 11 rings (SSSR count). The van der Waals surface area contributed by atoms with E-state index >= 15 is 0 Å². The maximum Gasteiger partial charge on any atom is 0.256 e. The first-order valence-electron chi connectivity index (χ1n) is 18.2. The summed E-state index contributed by atoms with van der Waals surface area (Å²) in [6.07, 6.45) is 0. The van der Waals surface area contributed by atoms with Crippen LogP contribution in [0.15, 0.2) is 194 Å². The van der Waals surface area contributed by atoms with Crippen molar-refractivity contribution >= 4 is 79.0 Å². The Bertz CT molecular complexity index is 2740. The average Bonchev–Trinajstić information content (AvgIpc) is 3.57. The van der Waals surface area contributed by atoms with Gasteiger partial charge in [0, 0.05) is 44.7 Å². The second-order valence-electron chi connectivity index (χ2n) is 13.7. The predicted octanol–water partition coefficient (Wildman–Crippen LogP) is 10.7. The van der Waals surface area contributed by atoms with E-state index in [1.807, 2.05) is 0 Å². The lowest BCUT2D eigenvalue weighted by Gasteiger charge is -2.38. The Balaban J connectivity index is 1.25. The quantitative estimate of drug-likeness (QED) is 0.164. The Morgan fingerprint density at radius 2 is 0.887 bits per heavy atom. The van der Waals surface area contributed by atoms with Gasteiger partial charge in [0.1, 0.15) is 11.5 Å². The van der Waals surface area contributed by atoms with Gasteiger partial charge >= 0.3 is 0 Å². The predicted molar refractivity (Wildman–Crippen MR) is 221 cm³/mol. The van der Waals surface area contributed by atoms with Crippen LogP contribution in [0.5, 0.6) is 11.5 Å². The van der Waals surface area contributed by atoms with Gasteiger partial charge in [-0.3, -0.25) is 0 Å². The molecule has 5 heteroatoms. The van der Waals surface area contributed by atoms with Crippen LogP contribution < -0.4 is 30.9 Å². The molecule has 0 unspecified atom stereocenters. The summed E-state index contributed by atoms with van der Waals surface area (Å²) in [4.78, 5) is 4.65. The fourth-order valence-corrected chi connectivity index (χ4v) is 8.66.